The molecule has 1 aromatic heterocycles. The molecule has 0 saturated heterocycles. The molecule has 0 radical (unpaired) electrons. The molecule has 1 atom stereocenters. The fourth-order valence-electron chi connectivity index (χ4n) is 1.40. The van der Waals surface area contributed by atoms with E-state index in [-0.39, 0.29) is 11.8 Å². The molecule has 1 heterocycles. The topological polar surface area (TPSA) is 71.1 Å². The van der Waals surface area contributed by atoms with Crippen LogP contribution in [0.25, 0.3) is 0 Å². The fraction of sp³-hybridized carbons (Fsp3) is 0.500. The number of rotatable bonds is 5. The molecule has 1 unspecified atom stereocenters. The van der Waals surface area contributed by atoms with E-state index >= 15 is 0 Å². The van der Waals surface area contributed by atoms with Crippen molar-refractivity contribution in [2.45, 2.75) is 13.0 Å². The number of hydrogen-bond acceptors (Lipinski definition) is 5. The van der Waals surface area contributed by atoms with Gasteiger partial charge in [-0.1, -0.05) is 6.07 Å². The Balaban J connectivity index is 2.65. The van der Waals surface area contributed by atoms with Gasteiger partial charge < -0.3 is 10.6 Å². The van der Waals surface area contributed by atoms with Crippen molar-refractivity contribution < 1.29 is 8.42 Å². The Bertz CT molecular complexity index is 445. The quantitative estimate of drug-likeness (QED) is 0.806. The van der Waals surface area contributed by atoms with Crippen molar-refractivity contribution in [3.63, 3.8) is 0 Å². The summed E-state index contributed by atoms with van der Waals surface area (Å²) in [5.41, 5.74) is 0. The van der Waals surface area contributed by atoms with Crippen LogP contribution in [0.4, 0.5) is 11.6 Å². The molecule has 0 aromatic carbocycles. The van der Waals surface area contributed by atoms with Gasteiger partial charge in [-0.3, -0.25) is 0 Å². The third-order valence-electron chi connectivity index (χ3n) is 1.95. The fourth-order valence-corrected chi connectivity index (χ4v) is 2.39. The third-order valence-corrected chi connectivity index (χ3v) is 3.06. The second kappa shape index (κ2) is 5.16. The highest BCUT2D eigenvalue weighted by Gasteiger charge is 2.10. The van der Waals surface area contributed by atoms with Crippen LogP contribution < -0.4 is 10.6 Å². The van der Waals surface area contributed by atoms with Crippen molar-refractivity contribution in [1.82, 2.24) is 4.98 Å². The summed E-state index contributed by atoms with van der Waals surface area (Å²) in [6, 6.07) is 5.34. The van der Waals surface area contributed by atoms with Gasteiger partial charge in [0.2, 0.25) is 0 Å². The largest absolute Gasteiger partial charge is 0.373 e. The number of hydrogen-bond donors (Lipinski definition) is 2. The van der Waals surface area contributed by atoms with Crippen LogP contribution >= 0.6 is 0 Å². The van der Waals surface area contributed by atoms with Crippen LogP contribution in [0.3, 0.4) is 0 Å². The predicted molar refractivity (Wildman–Crippen MR) is 66.6 cm³/mol. The van der Waals surface area contributed by atoms with E-state index in [9.17, 15) is 8.42 Å². The van der Waals surface area contributed by atoms with E-state index in [4.69, 9.17) is 0 Å². The van der Waals surface area contributed by atoms with E-state index in [0.29, 0.717) is 5.82 Å². The van der Waals surface area contributed by atoms with E-state index in [0.717, 1.165) is 5.82 Å². The molecule has 0 fully saturated rings. The molecule has 90 valence electrons. The molecule has 0 aliphatic heterocycles. The number of nitrogens with zero attached hydrogens (tertiary/aromatic N) is 1. The lowest BCUT2D eigenvalue weighted by molar-refractivity contribution is 0.598. The van der Waals surface area contributed by atoms with Gasteiger partial charge >= 0.3 is 0 Å². The van der Waals surface area contributed by atoms with Crippen molar-refractivity contribution in [2.75, 3.05) is 29.7 Å². The van der Waals surface area contributed by atoms with Crippen molar-refractivity contribution >= 4 is 21.5 Å². The van der Waals surface area contributed by atoms with Crippen LogP contribution in [0.1, 0.15) is 6.92 Å². The molecule has 1 aromatic rings. The number of pyridine rings is 1. The minimum absolute atomic E-state index is 0.0957. The highest BCUT2D eigenvalue weighted by atomic mass is 32.2. The third kappa shape index (κ3) is 4.48. The first-order valence-electron chi connectivity index (χ1n) is 5.00. The molecule has 1 rings (SSSR count). The number of sulfone groups is 1. The Hall–Kier alpha value is -1.30. The van der Waals surface area contributed by atoms with Crippen LogP contribution in [-0.4, -0.2) is 38.5 Å². The molecule has 0 saturated carbocycles. The summed E-state index contributed by atoms with van der Waals surface area (Å²) in [6.45, 7) is 1.81. The standard InChI is InChI=1S/C10H17N3O2S/c1-8(7-16(3,14)15)12-10-6-4-5-9(11-2)13-10/h4-6,8H,7H2,1-3H3,(H2,11,12,13). The first-order chi connectivity index (χ1) is 7.40. The molecule has 0 bridgehead atoms. The van der Waals surface area contributed by atoms with E-state index < -0.39 is 9.84 Å². The van der Waals surface area contributed by atoms with Crippen molar-refractivity contribution in [2.24, 2.45) is 0 Å². The normalized spacial score (nSPS) is 13.2. The summed E-state index contributed by atoms with van der Waals surface area (Å²) < 4.78 is 22.2. The lowest BCUT2D eigenvalue weighted by Gasteiger charge is -2.13. The maximum absolute atomic E-state index is 11.1. The first-order valence-corrected chi connectivity index (χ1v) is 7.06. The van der Waals surface area contributed by atoms with Gasteiger partial charge in [0.15, 0.2) is 0 Å². The van der Waals surface area contributed by atoms with Gasteiger partial charge in [0, 0.05) is 19.3 Å². The van der Waals surface area contributed by atoms with E-state index in [2.05, 4.69) is 15.6 Å². The van der Waals surface area contributed by atoms with Gasteiger partial charge in [-0.2, -0.15) is 0 Å². The molecule has 0 aliphatic rings. The second-order valence-electron chi connectivity index (χ2n) is 3.80. The van der Waals surface area contributed by atoms with Gasteiger partial charge in [-0.15, -0.1) is 0 Å². The van der Waals surface area contributed by atoms with Crippen molar-refractivity contribution in [3.05, 3.63) is 18.2 Å². The Morgan fingerprint density at radius 2 is 2.00 bits per heavy atom. The number of anilines is 2. The van der Waals surface area contributed by atoms with E-state index in [1.54, 1.807) is 13.1 Å². The molecular weight excluding hydrogens is 226 g/mol. The predicted octanol–water partition coefficient (Wildman–Crippen LogP) is 0.968. The average Bonchev–Trinajstić information content (AvgIpc) is 2.15. The van der Waals surface area contributed by atoms with Gasteiger partial charge in [-0.25, -0.2) is 13.4 Å². The number of nitrogens with one attached hydrogen (secondary N) is 2. The smallest absolute Gasteiger partial charge is 0.149 e. The highest BCUT2D eigenvalue weighted by Crippen LogP contribution is 2.09. The van der Waals surface area contributed by atoms with Gasteiger partial charge in [-0.05, 0) is 19.1 Å². The molecule has 0 spiro atoms. The minimum atomic E-state index is -2.97. The summed E-state index contributed by atoms with van der Waals surface area (Å²) in [5, 5.41) is 5.96. The zero-order valence-electron chi connectivity index (χ0n) is 9.69. The SMILES string of the molecule is CNc1cccc(NC(C)CS(C)(=O)=O)n1. The lowest BCUT2D eigenvalue weighted by atomic mass is 10.3. The van der Waals surface area contributed by atoms with Crippen LogP contribution in [-0.2, 0) is 9.84 Å². The molecule has 5 nitrogen and oxygen atoms in total. The summed E-state index contributed by atoms with van der Waals surface area (Å²) >= 11 is 0. The zero-order valence-corrected chi connectivity index (χ0v) is 10.5. The minimum Gasteiger partial charge on any atom is -0.373 e. The molecule has 0 amide bonds. The second-order valence-corrected chi connectivity index (χ2v) is 5.98. The van der Waals surface area contributed by atoms with Crippen LogP contribution in [0.2, 0.25) is 0 Å². The molecular formula is C10H17N3O2S. The lowest BCUT2D eigenvalue weighted by Crippen LogP contribution is -2.25. The molecule has 2 N–H and O–H groups in total. The molecule has 6 heteroatoms. The van der Waals surface area contributed by atoms with Crippen molar-refractivity contribution in [3.8, 4) is 0 Å². The van der Waals surface area contributed by atoms with E-state index in [1.807, 2.05) is 19.1 Å². The maximum Gasteiger partial charge on any atom is 0.149 e. The summed E-state index contributed by atoms with van der Waals surface area (Å²) in [4.78, 5) is 4.24. The number of aromatic nitrogens is 1. The van der Waals surface area contributed by atoms with Crippen LogP contribution in [0, 0.1) is 0 Å². The maximum atomic E-state index is 11.1. The van der Waals surface area contributed by atoms with Crippen LogP contribution in [0.5, 0.6) is 0 Å². The first kappa shape index (κ1) is 12.8. The zero-order chi connectivity index (χ0) is 12.2. The van der Waals surface area contributed by atoms with Gasteiger partial charge in [0.25, 0.3) is 0 Å². The Labute approximate surface area is 96.2 Å². The Morgan fingerprint density at radius 3 is 2.56 bits per heavy atom. The molecule has 16 heavy (non-hydrogen) atoms. The van der Waals surface area contributed by atoms with Gasteiger partial charge in [0.1, 0.15) is 21.5 Å². The highest BCUT2D eigenvalue weighted by molar-refractivity contribution is 7.90. The Morgan fingerprint density at radius 1 is 1.38 bits per heavy atom. The summed E-state index contributed by atoms with van der Waals surface area (Å²) in [5.74, 6) is 1.51. The van der Waals surface area contributed by atoms with Crippen LogP contribution in [0.15, 0.2) is 18.2 Å². The Kier molecular flexibility index (Phi) is 4.12. The average molecular weight is 243 g/mol. The summed E-state index contributed by atoms with van der Waals surface area (Å²) in [6.07, 6.45) is 1.22. The van der Waals surface area contributed by atoms with Crippen molar-refractivity contribution in [1.29, 1.82) is 0 Å². The summed E-state index contributed by atoms with van der Waals surface area (Å²) in [7, 11) is -1.18. The monoisotopic (exact) mass is 243 g/mol. The molecule has 0 aliphatic carbocycles. The van der Waals surface area contributed by atoms with E-state index in [1.165, 1.54) is 6.26 Å². The van der Waals surface area contributed by atoms with Gasteiger partial charge in [0.05, 0.1) is 5.75 Å².